The topological polar surface area (TPSA) is 64.3 Å². The van der Waals surface area contributed by atoms with Crippen molar-refractivity contribution in [3.63, 3.8) is 0 Å². The maximum atomic E-state index is 12.1. The van der Waals surface area contributed by atoms with Crippen molar-refractivity contribution >= 4 is 5.91 Å². The summed E-state index contributed by atoms with van der Waals surface area (Å²) in [5.41, 5.74) is 6.79. The van der Waals surface area contributed by atoms with E-state index in [1.807, 2.05) is 30.3 Å². The van der Waals surface area contributed by atoms with Gasteiger partial charge in [-0.1, -0.05) is 30.3 Å². The first-order chi connectivity index (χ1) is 8.72. The Hall–Kier alpha value is -1.39. The van der Waals surface area contributed by atoms with Crippen molar-refractivity contribution in [1.29, 1.82) is 0 Å². The van der Waals surface area contributed by atoms with Crippen LogP contribution in [0.3, 0.4) is 0 Å². The molecular formula is C14H20N2O2. The smallest absolute Gasteiger partial charge is 0.241 e. The Morgan fingerprint density at radius 2 is 2.11 bits per heavy atom. The van der Waals surface area contributed by atoms with Crippen LogP contribution in [0.15, 0.2) is 30.3 Å². The number of amides is 1. The lowest BCUT2D eigenvalue weighted by Gasteiger charge is -2.21. The summed E-state index contributed by atoms with van der Waals surface area (Å²) in [6.45, 7) is 0. The van der Waals surface area contributed by atoms with Gasteiger partial charge in [0.1, 0.15) is 6.04 Å². The summed E-state index contributed by atoms with van der Waals surface area (Å²) in [7, 11) is 1.69. The van der Waals surface area contributed by atoms with Crippen molar-refractivity contribution in [3.8, 4) is 0 Å². The molecule has 4 heteroatoms. The van der Waals surface area contributed by atoms with Crippen LogP contribution in [0, 0.1) is 0 Å². The van der Waals surface area contributed by atoms with Gasteiger partial charge < -0.3 is 15.8 Å². The molecule has 0 aromatic heterocycles. The highest BCUT2D eigenvalue weighted by molar-refractivity contribution is 5.83. The highest BCUT2D eigenvalue weighted by atomic mass is 16.5. The molecule has 0 aliphatic heterocycles. The average molecular weight is 248 g/mol. The van der Waals surface area contributed by atoms with Gasteiger partial charge in [-0.3, -0.25) is 4.79 Å². The normalized spacial score (nSPS) is 24.8. The minimum Gasteiger partial charge on any atom is -0.379 e. The molecule has 3 N–H and O–H groups in total. The molecule has 1 fully saturated rings. The molecule has 1 aromatic carbocycles. The third-order valence-electron chi connectivity index (χ3n) is 3.52. The monoisotopic (exact) mass is 248 g/mol. The van der Waals surface area contributed by atoms with Gasteiger partial charge in [-0.25, -0.2) is 0 Å². The van der Waals surface area contributed by atoms with E-state index in [9.17, 15) is 4.79 Å². The van der Waals surface area contributed by atoms with Crippen LogP contribution in [0.5, 0.6) is 0 Å². The number of rotatable bonds is 4. The first-order valence-electron chi connectivity index (χ1n) is 6.36. The first-order valence-corrected chi connectivity index (χ1v) is 6.36. The summed E-state index contributed by atoms with van der Waals surface area (Å²) in [5.74, 6) is -0.129. The maximum absolute atomic E-state index is 12.1. The molecule has 1 aromatic rings. The Bertz CT molecular complexity index is 394. The van der Waals surface area contributed by atoms with E-state index < -0.39 is 6.04 Å². The fourth-order valence-electron chi connectivity index (χ4n) is 2.46. The van der Waals surface area contributed by atoms with Gasteiger partial charge in [0.2, 0.25) is 5.91 Å². The molecule has 1 aliphatic carbocycles. The maximum Gasteiger partial charge on any atom is 0.241 e. The van der Waals surface area contributed by atoms with E-state index >= 15 is 0 Å². The lowest BCUT2D eigenvalue weighted by molar-refractivity contribution is -0.124. The lowest BCUT2D eigenvalue weighted by atomic mass is 10.1. The lowest BCUT2D eigenvalue weighted by Crippen LogP contribution is -2.44. The fraction of sp³-hybridized carbons (Fsp3) is 0.500. The van der Waals surface area contributed by atoms with Crippen molar-refractivity contribution in [2.24, 2.45) is 5.73 Å². The predicted octanol–water partition coefficient (Wildman–Crippen LogP) is 1.37. The van der Waals surface area contributed by atoms with Crippen molar-refractivity contribution in [2.75, 3.05) is 7.11 Å². The third-order valence-corrected chi connectivity index (χ3v) is 3.52. The minimum absolute atomic E-state index is 0.0947. The zero-order valence-electron chi connectivity index (χ0n) is 10.6. The van der Waals surface area contributed by atoms with Crippen LogP contribution in [-0.4, -0.2) is 25.2 Å². The molecule has 1 amide bonds. The average Bonchev–Trinajstić information content (AvgIpc) is 2.86. The number of ether oxygens (including phenoxy) is 1. The minimum atomic E-state index is -0.607. The van der Waals surface area contributed by atoms with Gasteiger partial charge in [-0.05, 0) is 24.8 Å². The van der Waals surface area contributed by atoms with Crippen LogP contribution in [0.1, 0.15) is 30.9 Å². The summed E-state index contributed by atoms with van der Waals surface area (Å²) in [5, 5.41) is 2.99. The number of methoxy groups -OCH3 is 1. The van der Waals surface area contributed by atoms with Gasteiger partial charge in [-0.15, -0.1) is 0 Å². The molecular weight excluding hydrogens is 228 g/mol. The molecule has 3 atom stereocenters. The van der Waals surface area contributed by atoms with Crippen LogP contribution >= 0.6 is 0 Å². The second kappa shape index (κ2) is 5.98. The fourth-order valence-corrected chi connectivity index (χ4v) is 2.46. The van der Waals surface area contributed by atoms with Gasteiger partial charge in [0, 0.05) is 7.11 Å². The first kappa shape index (κ1) is 13.1. The Morgan fingerprint density at radius 1 is 1.39 bits per heavy atom. The molecule has 2 rings (SSSR count). The van der Waals surface area contributed by atoms with Crippen LogP contribution in [-0.2, 0) is 9.53 Å². The van der Waals surface area contributed by atoms with E-state index in [-0.39, 0.29) is 18.1 Å². The number of carbonyl (C=O) groups is 1. The van der Waals surface area contributed by atoms with Gasteiger partial charge in [0.05, 0.1) is 12.1 Å². The van der Waals surface area contributed by atoms with Gasteiger partial charge >= 0.3 is 0 Å². The molecule has 2 unspecified atom stereocenters. The van der Waals surface area contributed by atoms with E-state index in [1.165, 1.54) is 0 Å². The molecule has 0 heterocycles. The Labute approximate surface area is 108 Å². The Balaban J connectivity index is 1.95. The highest BCUT2D eigenvalue weighted by Gasteiger charge is 2.29. The number of hydrogen-bond donors (Lipinski definition) is 2. The molecule has 0 spiro atoms. The van der Waals surface area contributed by atoms with Crippen LogP contribution < -0.4 is 11.1 Å². The summed E-state index contributed by atoms with van der Waals surface area (Å²) in [4.78, 5) is 12.1. The second-order valence-electron chi connectivity index (χ2n) is 4.71. The van der Waals surface area contributed by atoms with Crippen LogP contribution in [0.4, 0.5) is 0 Å². The van der Waals surface area contributed by atoms with E-state index in [2.05, 4.69) is 5.32 Å². The number of benzene rings is 1. The van der Waals surface area contributed by atoms with Gasteiger partial charge in [0.15, 0.2) is 0 Å². The molecule has 0 bridgehead atoms. The summed E-state index contributed by atoms with van der Waals surface area (Å²) in [6.07, 6.45) is 3.18. The third kappa shape index (κ3) is 2.89. The summed E-state index contributed by atoms with van der Waals surface area (Å²) >= 11 is 0. The molecule has 98 valence electrons. The zero-order chi connectivity index (χ0) is 13.0. The van der Waals surface area contributed by atoms with Crippen molar-refractivity contribution in [1.82, 2.24) is 5.32 Å². The highest BCUT2D eigenvalue weighted by Crippen LogP contribution is 2.22. The second-order valence-corrected chi connectivity index (χ2v) is 4.71. The van der Waals surface area contributed by atoms with Crippen molar-refractivity contribution in [2.45, 2.75) is 37.5 Å². The number of nitrogens with one attached hydrogen (secondary N) is 1. The van der Waals surface area contributed by atoms with Crippen LogP contribution in [0.2, 0.25) is 0 Å². The van der Waals surface area contributed by atoms with Gasteiger partial charge in [-0.2, -0.15) is 0 Å². The zero-order valence-corrected chi connectivity index (χ0v) is 10.6. The number of hydrogen-bond acceptors (Lipinski definition) is 3. The quantitative estimate of drug-likeness (QED) is 0.846. The molecule has 1 aliphatic rings. The number of nitrogens with two attached hydrogens (primary N) is 1. The molecule has 0 saturated heterocycles. The molecule has 0 radical (unpaired) electrons. The summed E-state index contributed by atoms with van der Waals surface area (Å²) in [6, 6.07) is 8.90. The van der Waals surface area contributed by atoms with E-state index in [0.29, 0.717) is 0 Å². The van der Waals surface area contributed by atoms with Crippen molar-refractivity contribution in [3.05, 3.63) is 35.9 Å². The van der Waals surface area contributed by atoms with Crippen molar-refractivity contribution < 1.29 is 9.53 Å². The SMILES string of the molecule is COC1CCCC1NC(=O)[C@@H](N)c1ccccc1. The Morgan fingerprint density at radius 3 is 2.78 bits per heavy atom. The van der Waals surface area contributed by atoms with Crippen LogP contribution in [0.25, 0.3) is 0 Å². The molecule has 18 heavy (non-hydrogen) atoms. The molecule has 1 saturated carbocycles. The standard InChI is InChI=1S/C14H20N2O2/c1-18-12-9-5-8-11(12)16-14(17)13(15)10-6-3-2-4-7-10/h2-4,6-7,11-13H,5,8-9,15H2,1H3,(H,16,17)/t11?,12?,13-/m0/s1. The predicted molar refractivity (Wildman–Crippen MR) is 69.9 cm³/mol. The van der Waals surface area contributed by atoms with E-state index in [0.717, 1.165) is 24.8 Å². The molecule has 4 nitrogen and oxygen atoms in total. The summed E-state index contributed by atoms with van der Waals surface area (Å²) < 4.78 is 5.35. The van der Waals surface area contributed by atoms with Gasteiger partial charge in [0.25, 0.3) is 0 Å². The Kier molecular flexibility index (Phi) is 4.33. The number of carbonyl (C=O) groups excluding carboxylic acids is 1. The van der Waals surface area contributed by atoms with E-state index in [1.54, 1.807) is 7.11 Å². The largest absolute Gasteiger partial charge is 0.379 e. The van der Waals surface area contributed by atoms with E-state index in [4.69, 9.17) is 10.5 Å².